The first-order valence-electron chi connectivity index (χ1n) is 6.81. The Kier molecular flexibility index (Phi) is 5.65. The number of ether oxygens (including phenoxy) is 2. The Labute approximate surface area is 139 Å². The van der Waals surface area contributed by atoms with E-state index >= 15 is 0 Å². The first-order chi connectivity index (χ1) is 11.1. The van der Waals surface area contributed by atoms with Crippen molar-refractivity contribution in [2.24, 2.45) is 0 Å². The molecule has 5 nitrogen and oxygen atoms in total. The first-order valence-corrected chi connectivity index (χ1v) is 8.04. The van der Waals surface area contributed by atoms with Crippen molar-refractivity contribution in [1.82, 2.24) is 0 Å². The average molecular weight is 331 g/mol. The van der Waals surface area contributed by atoms with Crippen molar-refractivity contribution in [3.63, 3.8) is 0 Å². The Bertz CT molecular complexity index is 706. The Morgan fingerprint density at radius 1 is 1.09 bits per heavy atom. The number of allylic oxidation sites excluding steroid dienone is 2. The molecule has 0 bridgehead atoms. The summed E-state index contributed by atoms with van der Waals surface area (Å²) in [4.78, 5) is 27.0. The second-order valence-corrected chi connectivity index (χ2v) is 5.40. The van der Waals surface area contributed by atoms with E-state index in [4.69, 9.17) is 9.47 Å². The van der Waals surface area contributed by atoms with Crippen LogP contribution >= 0.6 is 11.8 Å². The molecular formula is C17H17NO4S. The van der Waals surface area contributed by atoms with E-state index < -0.39 is 11.9 Å². The molecule has 1 aliphatic rings. The fourth-order valence-electron chi connectivity index (χ4n) is 2.13. The molecule has 0 unspecified atom stereocenters. The van der Waals surface area contributed by atoms with Gasteiger partial charge >= 0.3 is 11.9 Å². The molecule has 23 heavy (non-hydrogen) atoms. The van der Waals surface area contributed by atoms with E-state index in [0.717, 1.165) is 10.6 Å². The van der Waals surface area contributed by atoms with Crippen molar-refractivity contribution in [2.45, 2.75) is 4.90 Å². The van der Waals surface area contributed by atoms with E-state index in [1.165, 1.54) is 20.3 Å². The Hall–Kier alpha value is -2.47. The van der Waals surface area contributed by atoms with Gasteiger partial charge in [-0.2, -0.15) is 0 Å². The lowest BCUT2D eigenvalue weighted by Gasteiger charge is -2.23. The number of hydrogen-bond acceptors (Lipinski definition) is 6. The summed E-state index contributed by atoms with van der Waals surface area (Å²) in [7, 11) is 2.55. The topological polar surface area (TPSA) is 55.8 Å². The molecule has 0 saturated carbocycles. The molecule has 0 saturated heterocycles. The molecule has 0 aromatic heterocycles. The molecule has 2 rings (SSSR count). The number of esters is 2. The van der Waals surface area contributed by atoms with Crippen LogP contribution in [0.5, 0.6) is 0 Å². The third-order valence-corrected chi connectivity index (χ3v) is 3.95. The fraction of sp³-hybridized carbons (Fsp3) is 0.176. The number of rotatable bonds is 4. The average Bonchev–Trinajstić information content (AvgIpc) is 2.83. The van der Waals surface area contributed by atoms with Gasteiger partial charge in [0.1, 0.15) is 5.70 Å². The minimum atomic E-state index is -0.615. The van der Waals surface area contributed by atoms with Gasteiger partial charge in [0.15, 0.2) is 0 Å². The maximum Gasteiger partial charge on any atom is 0.355 e. The van der Waals surface area contributed by atoms with Crippen LogP contribution in [0.1, 0.15) is 0 Å². The molecule has 0 fully saturated rings. The number of nitrogens with zero attached hydrogens (tertiary/aromatic N) is 1. The highest BCUT2D eigenvalue weighted by Gasteiger charge is 2.27. The van der Waals surface area contributed by atoms with Gasteiger partial charge in [-0.3, -0.25) is 0 Å². The summed E-state index contributed by atoms with van der Waals surface area (Å²) in [6, 6.07) is 7.64. The number of carbonyl (C=O) groups excluding carboxylic acids is 2. The second kappa shape index (κ2) is 7.69. The maximum absolute atomic E-state index is 12.3. The molecule has 6 heteroatoms. The second-order valence-electron chi connectivity index (χ2n) is 4.52. The SMILES string of the molecule is COC(=O)C1=C(C(=O)OC)N(c2cccc(SC)c2)C=CC=C1. The Morgan fingerprint density at radius 3 is 2.48 bits per heavy atom. The standard InChI is InChI=1S/C17H17NO4S/c1-21-16(19)14-9-4-5-10-18(15(14)17(20)22-2)12-7-6-8-13(11-12)23-3/h4-11H,1-3H3. The quantitative estimate of drug-likeness (QED) is 0.625. The van der Waals surface area contributed by atoms with Gasteiger partial charge in [-0.25, -0.2) is 9.59 Å². The van der Waals surface area contributed by atoms with E-state index in [2.05, 4.69) is 0 Å². The van der Waals surface area contributed by atoms with Crippen molar-refractivity contribution >= 4 is 29.4 Å². The molecule has 0 N–H and O–H groups in total. The normalized spacial score (nSPS) is 13.8. The van der Waals surface area contributed by atoms with Gasteiger partial charge in [0.2, 0.25) is 0 Å². The van der Waals surface area contributed by atoms with Crippen LogP contribution in [0.2, 0.25) is 0 Å². The minimum Gasteiger partial charge on any atom is -0.465 e. The molecular weight excluding hydrogens is 314 g/mol. The third kappa shape index (κ3) is 3.65. The molecule has 0 amide bonds. The number of benzene rings is 1. The van der Waals surface area contributed by atoms with Crippen molar-refractivity contribution in [1.29, 1.82) is 0 Å². The summed E-state index contributed by atoms with van der Waals surface area (Å²) < 4.78 is 9.64. The van der Waals surface area contributed by atoms with Gasteiger partial charge in [-0.1, -0.05) is 12.1 Å². The fourth-order valence-corrected chi connectivity index (χ4v) is 2.58. The highest BCUT2D eigenvalue weighted by Crippen LogP contribution is 2.29. The number of anilines is 1. The summed E-state index contributed by atoms with van der Waals surface area (Å²) in [5.41, 5.74) is 1.00. The van der Waals surface area contributed by atoms with Gasteiger partial charge in [-0.05, 0) is 36.6 Å². The predicted octanol–water partition coefficient (Wildman–Crippen LogP) is 2.90. The molecule has 1 aromatic carbocycles. The smallest absolute Gasteiger partial charge is 0.355 e. The molecule has 0 spiro atoms. The van der Waals surface area contributed by atoms with Crippen LogP contribution in [0.4, 0.5) is 5.69 Å². The molecule has 0 aliphatic carbocycles. The summed E-state index contributed by atoms with van der Waals surface area (Å²) in [5, 5.41) is 0. The third-order valence-electron chi connectivity index (χ3n) is 3.22. The van der Waals surface area contributed by atoms with Crippen molar-refractivity contribution in [3.8, 4) is 0 Å². The van der Waals surface area contributed by atoms with Crippen LogP contribution in [-0.2, 0) is 19.1 Å². The molecule has 0 atom stereocenters. The molecule has 120 valence electrons. The van der Waals surface area contributed by atoms with Crippen LogP contribution in [0.3, 0.4) is 0 Å². The van der Waals surface area contributed by atoms with Crippen LogP contribution in [0, 0.1) is 0 Å². The van der Waals surface area contributed by atoms with Crippen molar-refractivity contribution < 1.29 is 19.1 Å². The number of thioether (sulfide) groups is 1. The van der Waals surface area contributed by atoms with Crippen molar-refractivity contribution in [3.05, 3.63) is 60.0 Å². The minimum absolute atomic E-state index is 0.114. The van der Waals surface area contributed by atoms with E-state index in [1.54, 1.807) is 35.0 Å². The van der Waals surface area contributed by atoms with Crippen LogP contribution in [-0.4, -0.2) is 32.4 Å². The van der Waals surface area contributed by atoms with Crippen molar-refractivity contribution in [2.75, 3.05) is 25.4 Å². The summed E-state index contributed by atoms with van der Waals surface area (Å²) in [5.74, 6) is -1.22. The lowest BCUT2D eigenvalue weighted by molar-refractivity contribution is -0.139. The lowest BCUT2D eigenvalue weighted by atomic mass is 10.1. The summed E-state index contributed by atoms with van der Waals surface area (Å²) >= 11 is 1.59. The first kappa shape index (κ1) is 16.9. The van der Waals surface area contributed by atoms with E-state index in [9.17, 15) is 9.59 Å². The van der Waals surface area contributed by atoms with Gasteiger partial charge in [0, 0.05) is 16.8 Å². The summed E-state index contributed by atoms with van der Waals surface area (Å²) in [6.07, 6.45) is 8.62. The van der Waals surface area contributed by atoms with Gasteiger partial charge < -0.3 is 14.4 Å². The largest absolute Gasteiger partial charge is 0.465 e. The zero-order valence-corrected chi connectivity index (χ0v) is 13.9. The predicted molar refractivity (Wildman–Crippen MR) is 90.0 cm³/mol. The maximum atomic E-state index is 12.3. The Morgan fingerprint density at radius 2 is 1.83 bits per heavy atom. The van der Waals surface area contributed by atoms with Crippen LogP contribution < -0.4 is 4.90 Å². The van der Waals surface area contributed by atoms with Crippen LogP contribution in [0.25, 0.3) is 0 Å². The monoisotopic (exact) mass is 331 g/mol. The van der Waals surface area contributed by atoms with Gasteiger partial charge in [-0.15, -0.1) is 11.8 Å². The van der Waals surface area contributed by atoms with E-state index in [-0.39, 0.29) is 11.3 Å². The molecule has 1 aromatic rings. The van der Waals surface area contributed by atoms with Crippen LogP contribution in [0.15, 0.2) is 64.9 Å². The van der Waals surface area contributed by atoms with E-state index in [0.29, 0.717) is 0 Å². The molecule has 1 aliphatic heterocycles. The lowest BCUT2D eigenvalue weighted by Crippen LogP contribution is -2.26. The van der Waals surface area contributed by atoms with Gasteiger partial charge in [0.05, 0.1) is 19.8 Å². The molecule has 1 heterocycles. The summed E-state index contributed by atoms with van der Waals surface area (Å²) in [6.45, 7) is 0. The Balaban J connectivity index is 2.63. The van der Waals surface area contributed by atoms with E-state index in [1.807, 2.05) is 30.5 Å². The zero-order chi connectivity index (χ0) is 16.8. The zero-order valence-electron chi connectivity index (χ0n) is 13.1. The highest BCUT2D eigenvalue weighted by molar-refractivity contribution is 7.98. The number of carbonyl (C=O) groups is 2. The number of methoxy groups -OCH3 is 2. The van der Waals surface area contributed by atoms with Gasteiger partial charge in [0.25, 0.3) is 0 Å². The molecule has 0 radical (unpaired) electrons. The number of hydrogen-bond donors (Lipinski definition) is 0. The highest BCUT2D eigenvalue weighted by atomic mass is 32.2.